The first-order chi connectivity index (χ1) is 8.61. The maximum absolute atomic E-state index is 12.3. The lowest BCUT2D eigenvalue weighted by Gasteiger charge is -2.25. The van der Waals surface area contributed by atoms with Crippen LogP contribution < -0.4 is 0 Å². The molecule has 1 aliphatic rings. The Morgan fingerprint density at radius 1 is 1.72 bits per heavy atom. The van der Waals surface area contributed by atoms with Gasteiger partial charge in [0, 0.05) is 12.6 Å². The quantitative estimate of drug-likeness (QED) is 0.843. The molecular weight excluding hydrogens is 230 g/mol. The Morgan fingerprint density at radius 2 is 2.50 bits per heavy atom. The van der Waals surface area contributed by atoms with Crippen LogP contribution in [0, 0.1) is 11.3 Å². The predicted molar refractivity (Wildman–Crippen MR) is 65.9 cm³/mol. The molecular formula is C13H17N3O2. The molecule has 1 aromatic heterocycles. The van der Waals surface area contributed by atoms with Crippen molar-refractivity contribution < 1.29 is 9.90 Å². The molecule has 2 heterocycles. The van der Waals surface area contributed by atoms with Crippen molar-refractivity contribution >= 4 is 5.91 Å². The fraction of sp³-hybridized carbons (Fsp3) is 0.538. The van der Waals surface area contributed by atoms with E-state index in [4.69, 9.17) is 5.26 Å². The van der Waals surface area contributed by atoms with Crippen LogP contribution in [0.3, 0.4) is 0 Å². The molecule has 2 N–H and O–H groups in total. The van der Waals surface area contributed by atoms with Gasteiger partial charge in [0.2, 0.25) is 0 Å². The summed E-state index contributed by atoms with van der Waals surface area (Å²) in [5, 5.41) is 18.2. The molecule has 2 rings (SSSR count). The van der Waals surface area contributed by atoms with Crippen molar-refractivity contribution in [2.75, 3.05) is 6.54 Å². The molecule has 2 atom stereocenters. The molecule has 0 radical (unpaired) electrons. The van der Waals surface area contributed by atoms with Gasteiger partial charge < -0.3 is 15.0 Å². The summed E-state index contributed by atoms with van der Waals surface area (Å²) in [6, 6.07) is 5.31. The third kappa shape index (κ3) is 2.54. The molecule has 0 aliphatic carbocycles. The van der Waals surface area contributed by atoms with E-state index in [-0.39, 0.29) is 11.9 Å². The summed E-state index contributed by atoms with van der Waals surface area (Å²) in [4.78, 5) is 16.9. The Hall–Kier alpha value is -1.80. The van der Waals surface area contributed by atoms with E-state index in [1.54, 1.807) is 24.0 Å². The van der Waals surface area contributed by atoms with E-state index in [0.717, 1.165) is 19.4 Å². The Kier molecular flexibility index (Phi) is 3.68. The summed E-state index contributed by atoms with van der Waals surface area (Å²) < 4.78 is 0. The van der Waals surface area contributed by atoms with Crippen LogP contribution in [0.2, 0.25) is 0 Å². The molecule has 96 valence electrons. The fourth-order valence-corrected chi connectivity index (χ4v) is 2.48. The van der Waals surface area contributed by atoms with Gasteiger partial charge in [0.25, 0.3) is 5.91 Å². The van der Waals surface area contributed by atoms with Crippen molar-refractivity contribution in [3.63, 3.8) is 0 Å². The van der Waals surface area contributed by atoms with Crippen molar-refractivity contribution in [2.24, 2.45) is 0 Å². The molecule has 0 spiro atoms. The molecule has 0 saturated carbocycles. The van der Waals surface area contributed by atoms with Crippen molar-refractivity contribution in [3.05, 3.63) is 23.5 Å². The average Bonchev–Trinajstić information content (AvgIpc) is 2.95. The molecule has 1 saturated heterocycles. The number of amides is 1. The van der Waals surface area contributed by atoms with E-state index in [0.29, 0.717) is 17.8 Å². The fourth-order valence-electron chi connectivity index (χ4n) is 2.48. The highest BCUT2D eigenvalue weighted by Crippen LogP contribution is 2.23. The van der Waals surface area contributed by atoms with Crippen molar-refractivity contribution in [3.8, 4) is 6.07 Å². The smallest absolute Gasteiger partial charge is 0.270 e. The minimum absolute atomic E-state index is 0.0837. The van der Waals surface area contributed by atoms with Crippen molar-refractivity contribution in [1.82, 2.24) is 9.88 Å². The molecule has 2 unspecified atom stereocenters. The van der Waals surface area contributed by atoms with Gasteiger partial charge in [0.15, 0.2) is 0 Å². The van der Waals surface area contributed by atoms with E-state index in [1.165, 1.54) is 0 Å². The maximum atomic E-state index is 12.3. The summed E-state index contributed by atoms with van der Waals surface area (Å²) in [5.74, 6) is -0.0837. The number of aromatic nitrogens is 1. The van der Waals surface area contributed by atoms with Gasteiger partial charge in [-0.25, -0.2) is 0 Å². The number of H-pyrrole nitrogens is 1. The van der Waals surface area contributed by atoms with E-state index >= 15 is 0 Å². The standard InChI is InChI=1S/C13H17N3O2/c1-9(17)7-11-3-2-6-16(11)13(18)12-5-4-10(8-14)15-12/h4-5,9,11,15,17H,2-3,6-7H2,1H3. The van der Waals surface area contributed by atoms with Crippen molar-refractivity contribution in [2.45, 2.75) is 38.3 Å². The highest BCUT2D eigenvalue weighted by Gasteiger charge is 2.30. The normalized spacial score (nSPS) is 20.7. The lowest BCUT2D eigenvalue weighted by Crippen LogP contribution is -2.37. The molecule has 1 fully saturated rings. The molecule has 1 aliphatic heterocycles. The van der Waals surface area contributed by atoms with Gasteiger partial charge in [-0.15, -0.1) is 0 Å². The van der Waals surface area contributed by atoms with Gasteiger partial charge in [-0.05, 0) is 38.3 Å². The van der Waals surface area contributed by atoms with E-state index in [9.17, 15) is 9.90 Å². The molecule has 5 heteroatoms. The summed E-state index contributed by atoms with van der Waals surface area (Å²) in [6.45, 7) is 2.46. The highest BCUT2D eigenvalue weighted by molar-refractivity contribution is 5.93. The number of aliphatic hydroxyl groups excluding tert-OH is 1. The van der Waals surface area contributed by atoms with Gasteiger partial charge in [-0.3, -0.25) is 4.79 Å². The molecule has 1 aromatic rings. The third-order valence-electron chi connectivity index (χ3n) is 3.29. The predicted octanol–water partition coefficient (Wildman–Crippen LogP) is 1.26. The number of nitrogens with zero attached hydrogens (tertiary/aromatic N) is 2. The molecule has 0 bridgehead atoms. The van der Waals surface area contributed by atoms with Crippen LogP contribution in [0.15, 0.2) is 12.1 Å². The van der Waals surface area contributed by atoms with Crippen molar-refractivity contribution in [1.29, 1.82) is 5.26 Å². The zero-order chi connectivity index (χ0) is 13.1. The molecule has 1 amide bonds. The Balaban J connectivity index is 2.10. The number of nitrogens with one attached hydrogen (secondary N) is 1. The lowest BCUT2D eigenvalue weighted by molar-refractivity contribution is 0.0677. The lowest BCUT2D eigenvalue weighted by atomic mass is 10.1. The Bertz CT molecular complexity index is 473. The summed E-state index contributed by atoms with van der Waals surface area (Å²) in [5.41, 5.74) is 0.841. The van der Waals surface area contributed by atoms with Crippen LogP contribution in [0.5, 0.6) is 0 Å². The van der Waals surface area contributed by atoms with Gasteiger partial charge in [0.05, 0.1) is 6.10 Å². The molecule has 5 nitrogen and oxygen atoms in total. The van der Waals surface area contributed by atoms with Gasteiger partial charge in [-0.1, -0.05) is 0 Å². The number of rotatable bonds is 3. The first-order valence-corrected chi connectivity index (χ1v) is 6.20. The number of hydrogen-bond donors (Lipinski definition) is 2. The monoisotopic (exact) mass is 247 g/mol. The third-order valence-corrected chi connectivity index (χ3v) is 3.29. The van der Waals surface area contributed by atoms with Crippen LogP contribution in [0.25, 0.3) is 0 Å². The first kappa shape index (κ1) is 12.7. The number of likely N-dealkylation sites (tertiary alicyclic amines) is 1. The number of aromatic amines is 1. The van der Waals surface area contributed by atoms with Crippen LogP contribution in [-0.2, 0) is 0 Å². The van der Waals surface area contributed by atoms with Crippen LogP contribution in [0.1, 0.15) is 42.4 Å². The Labute approximate surface area is 106 Å². The highest BCUT2D eigenvalue weighted by atomic mass is 16.3. The largest absolute Gasteiger partial charge is 0.393 e. The van der Waals surface area contributed by atoms with Gasteiger partial charge in [0.1, 0.15) is 17.5 Å². The number of nitriles is 1. The first-order valence-electron chi connectivity index (χ1n) is 6.20. The zero-order valence-electron chi connectivity index (χ0n) is 10.4. The Morgan fingerprint density at radius 3 is 3.11 bits per heavy atom. The van der Waals surface area contributed by atoms with Crippen LogP contribution >= 0.6 is 0 Å². The zero-order valence-corrected chi connectivity index (χ0v) is 10.4. The van der Waals surface area contributed by atoms with E-state index in [1.807, 2.05) is 6.07 Å². The summed E-state index contributed by atoms with van der Waals surface area (Å²) >= 11 is 0. The second-order valence-electron chi connectivity index (χ2n) is 4.78. The van der Waals surface area contributed by atoms with Crippen LogP contribution in [-0.4, -0.2) is 39.6 Å². The SMILES string of the molecule is CC(O)CC1CCCN1C(=O)c1ccc(C#N)[nH]1. The minimum atomic E-state index is -0.401. The second-order valence-corrected chi connectivity index (χ2v) is 4.78. The second kappa shape index (κ2) is 5.23. The number of carbonyl (C=O) groups excluding carboxylic acids is 1. The van der Waals surface area contributed by atoms with E-state index < -0.39 is 6.10 Å². The number of hydrogen-bond acceptors (Lipinski definition) is 3. The topological polar surface area (TPSA) is 80.1 Å². The van der Waals surface area contributed by atoms with Gasteiger partial charge in [-0.2, -0.15) is 5.26 Å². The number of aliphatic hydroxyl groups is 1. The van der Waals surface area contributed by atoms with Crippen LogP contribution in [0.4, 0.5) is 0 Å². The van der Waals surface area contributed by atoms with E-state index in [2.05, 4.69) is 4.98 Å². The minimum Gasteiger partial charge on any atom is -0.393 e. The van der Waals surface area contributed by atoms with Gasteiger partial charge >= 0.3 is 0 Å². The summed E-state index contributed by atoms with van der Waals surface area (Å²) in [6.07, 6.45) is 2.11. The maximum Gasteiger partial charge on any atom is 0.270 e. The summed E-state index contributed by atoms with van der Waals surface area (Å²) in [7, 11) is 0. The molecule has 0 aromatic carbocycles. The number of carbonyl (C=O) groups is 1. The average molecular weight is 247 g/mol. The molecule has 18 heavy (non-hydrogen) atoms.